The number of rotatable bonds is 4. The first-order chi connectivity index (χ1) is 8.31. The van der Waals surface area contributed by atoms with Gasteiger partial charge in [0.2, 0.25) is 0 Å². The van der Waals surface area contributed by atoms with E-state index in [1.54, 1.807) is 18.2 Å². The van der Waals surface area contributed by atoms with Crippen LogP contribution in [0.5, 0.6) is 0 Å². The Morgan fingerprint density at radius 3 is 2.00 bits per heavy atom. The van der Waals surface area contributed by atoms with E-state index in [-0.39, 0.29) is 29.4 Å². The minimum absolute atomic E-state index is 0. The summed E-state index contributed by atoms with van der Waals surface area (Å²) in [6.07, 6.45) is 6.51. The molecular weight excluding hydrogens is 282 g/mol. The third kappa shape index (κ3) is 47.7. The number of azide groups is 1. The van der Waals surface area contributed by atoms with Gasteiger partial charge < -0.3 is 0 Å². The van der Waals surface area contributed by atoms with Crippen molar-refractivity contribution in [2.24, 2.45) is 5.11 Å². The first-order valence-corrected chi connectivity index (χ1v) is 3.75. The molecule has 0 aromatic heterocycles. The number of ketones is 1. The summed E-state index contributed by atoms with van der Waals surface area (Å²) in [7, 11) is 0. The van der Waals surface area contributed by atoms with Gasteiger partial charge in [-0.1, -0.05) is 23.3 Å². The Balaban J connectivity index is -0.0000000700. The van der Waals surface area contributed by atoms with Crippen LogP contribution in [0, 0.1) is 20.0 Å². The fraction of sp³-hybridized carbons (Fsp3) is 0.200. The van der Waals surface area contributed by atoms with Crippen molar-refractivity contribution in [2.75, 3.05) is 6.54 Å². The van der Waals surface area contributed by atoms with Gasteiger partial charge in [-0.3, -0.25) is 4.79 Å². The van der Waals surface area contributed by atoms with Crippen LogP contribution in [-0.4, -0.2) is 12.3 Å². The average Bonchev–Trinajstić information content (AvgIpc) is 2.43. The van der Waals surface area contributed by atoms with Crippen molar-refractivity contribution < 1.29 is 35.8 Å². The molecule has 0 aliphatic carbocycles. The van der Waals surface area contributed by atoms with Crippen LogP contribution < -0.4 is 0 Å². The minimum atomic E-state index is -0.194. The molecule has 0 atom stereocenters. The zero-order chi connectivity index (χ0) is 14.5. The molecule has 96 valence electrons. The number of hydrogen-bond donors (Lipinski definition) is 0. The first kappa shape index (κ1) is 29.8. The van der Waals surface area contributed by atoms with Crippen molar-refractivity contribution in [1.82, 2.24) is 0 Å². The van der Waals surface area contributed by atoms with E-state index in [0.29, 0.717) is 0 Å². The molecule has 8 heteroatoms. The summed E-state index contributed by atoms with van der Waals surface area (Å²) in [4.78, 5) is 13.1. The normalized spacial score (nSPS) is 6.61. The van der Waals surface area contributed by atoms with E-state index in [4.69, 9.17) is 19.5 Å². The molecule has 18 heavy (non-hydrogen) atoms. The number of carbonyl (C=O) groups excluding carboxylic acids is 1. The second kappa shape index (κ2) is 45.6. The molecule has 0 fully saturated rings. The van der Waals surface area contributed by atoms with E-state index in [1.807, 2.05) is 6.92 Å². The van der Waals surface area contributed by atoms with Crippen LogP contribution in [-0.2, 0) is 35.8 Å². The zero-order valence-corrected chi connectivity index (χ0v) is 10.4. The predicted octanol–water partition coefficient (Wildman–Crippen LogP) is 1.88. The Bertz CT molecular complexity index is 325. The second-order valence-corrected chi connectivity index (χ2v) is 1.74. The first-order valence-electron chi connectivity index (χ1n) is 3.75. The number of hydrogen-bond acceptors (Lipinski definition) is 2. The SMILES string of the molecule is C/C=C/C=C/C(=O)CN=[N+]=[N-].[C-]#[O+].[C-]#[O+].[C-]#[O+].[Fe]. The zero-order valence-electron chi connectivity index (χ0n) is 9.34. The molecule has 0 saturated heterocycles. The molecule has 0 unspecified atom stereocenters. The quantitative estimate of drug-likeness (QED) is 0.113. The topological polar surface area (TPSA) is 126 Å². The molecular formula is C10H9FeN3O4. The summed E-state index contributed by atoms with van der Waals surface area (Å²) in [6.45, 7) is 15.2. The van der Waals surface area contributed by atoms with E-state index < -0.39 is 0 Å². The molecule has 0 N–H and O–H groups in total. The molecule has 0 aromatic rings. The number of nitrogens with zero attached hydrogens (tertiary/aromatic N) is 3. The monoisotopic (exact) mass is 291 g/mol. The van der Waals surface area contributed by atoms with Crippen LogP contribution in [0.25, 0.3) is 10.4 Å². The van der Waals surface area contributed by atoms with Crippen molar-refractivity contribution in [1.29, 1.82) is 0 Å². The van der Waals surface area contributed by atoms with Gasteiger partial charge in [0.25, 0.3) is 0 Å². The van der Waals surface area contributed by atoms with E-state index in [1.165, 1.54) is 6.08 Å². The molecule has 0 aliphatic rings. The standard InChI is InChI=1S/C7H9N3O.3CO.Fe/c1-2-3-4-5-7(11)6-9-10-8;3*1-2;/h2-5H,6H2,1H3;;;;/b3-2+,5-4+;;;;. The van der Waals surface area contributed by atoms with Gasteiger partial charge in [-0.25, -0.2) is 0 Å². The Labute approximate surface area is 115 Å². The maximum absolute atomic E-state index is 10.7. The van der Waals surface area contributed by atoms with Crippen molar-refractivity contribution in [3.63, 3.8) is 0 Å². The molecule has 7 nitrogen and oxygen atoms in total. The van der Waals surface area contributed by atoms with Crippen LogP contribution in [0.2, 0.25) is 0 Å². The van der Waals surface area contributed by atoms with Gasteiger partial charge in [0.1, 0.15) is 0 Å². The third-order valence-electron chi connectivity index (χ3n) is 0.875. The molecule has 0 heterocycles. The molecule has 0 spiro atoms. The second-order valence-electron chi connectivity index (χ2n) is 1.74. The summed E-state index contributed by atoms with van der Waals surface area (Å²) in [5.74, 6) is -0.194. The largest absolute Gasteiger partial charge is 0 e. The van der Waals surface area contributed by atoms with Crippen LogP contribution in [0.15, 0.2) is 29.4 Å². The maximum atomic E-state index is 10.7. The molecule has 0 aromatic carbocycles. The number of allylic oxidation sites excluding steroid dienone is 3. The third-order valence-corrected chi connectivity index (χ3v) is 0.875. The number of carbonyl (C=O) groups is 1. The average molecular weight is 291 g/mol. The van der Waals surface area contributed by atoms with Crippen molar-refractivity contribution in [2.45, 2.75) is 6.92 Å². The fourth-order valence-corrected chi connectivity index (χ4v) is 0.428. The van der Waals surface area contributed by atoms with Crippen molar-refractivity contribution >= 4 is 5.78 Å². The van der Waals surface area contributed by atoms with Crippen LogP contribution in [0.3, 0.4) is 0 Å². The van der Waals surface area contributed by atoms with Gasteiger partial charge in [-0.2, -0.15) is 0 Å². The van der Waals surface area contributed by atoms with E-state index in [0.717, 1.165) is 0 Å². The Morgan fingerprint density at radius 2 is 1.67 bits per heavy atom. The van der Waals surface area contributed by atoms with Crippen LogP contribution >= 0.6 is 0 Å². The van der Waals surface area contributed by atoms with Crippen LogP contribution in [0.1, 0.15) is 6.92 Å². The van der Waals surface area contributed by atoms with Gasteiger partial charge in [0, 0.05) is 22.0 Å². The molecule has 0 aliphatic heterocycles. The van der Waals surface area contributed by atoms with Crippen molar-refractivity contribution in [3.05, 3.63) is 54.7 Å². The summed E-state index contributed by atoms with van der Waals surface area (Å²) in [6, 6.07) is 0. The molecule has 0 saturated carbocycles. The summed E-state index contributed by atoms with van der Waals surface area (Å²) in [5, 5.41) is 3.11. The summed E-state index contributed by atoms with van der Waals surface area (Å²) < 4.78 is 22.5. The molecule has 0 rings (SSSR count). The smallest absolute Gasteiger partial charge is 0 e. The molecule has 0 radical (unpaired) electrons. The summed E-state index contributed by atoms with van der Waals surface area (Å²) in [5.41, 5.74) is 7.85. The Morgan fingerprint density at radius 1 is 1.22 bits per heavy atom. The summed E-state index contributed by atoms with van der Waals surface area (Å²) >= 11 is 0. The van der Waals surface area contributed by atoms with Crippen LogP contribution in [0.4, 0.5) is 0 Å². The fourth-order valence-electron chi connectivity index (χ4n) is 0.428. The minimum Gasteiger partial charge on any atom is 0 e. The Kier molecular flexibility index (Phi) is 75.6. The van der Waals surface area contributed by atoms with Gasteiger partial charge in [0.15, 0.2) is 5.78 Å². The van der Waals surface area contributed by atoms with E-state index in [9.17, 15) is 4.79 Å². The Hall–Kier alpha value is -1.80. The molecule has 0 bridgehead atoms. The van der Waals surface area contributed by atoms with Gasteiger partial charge >= 0.3 is 33.9 Å². The van der Waals surface area contributed by atoms with Crippen molar-refractivity contribution in [3.8, 4) is 0 Å². The van der Waals surface area contributed by atoms with E-state index >= 15 is 0 Å². The van der Waals surface area contributed by atoms with Gasteiger partial charge in [-0.05, 0) is 18.5 Å². The van der Waals surface area contributed by atoms with Gasteiger partial charge in [-0.15, -0.1) is 0 Å². The molecule has 0 amide bonds. The van der Waals surface area contributed by atoms with Gasteiger partial charge in [0.05, 0.1) is 6.54 Å². The van der Waals surface area contributed by atoms with E-state index in [2.05, 4.69) is 30.0 Å². The maximum Gasteiger partial charge on any atom is 0 e. The predicted molar refractivity (Wildman–Crippen MR) is 54.8 cm³/mol.